The fourth-order valence-corrected chi connectivity index (χ4v) is 3.19. The SMILES string of the molecule is CC[C@@H](C)[C@H](NC(=O)COCc1ccccc1)c1nc(-c2ccc(OC)c(OC)c2)no1. The molecule has 0 spiro atoms. The highest BCUT2D eigenvalue weighted by molar-refractivity contribution is 5.77. The fraction of sp³-hybridized carbons (Fsp3) is 0.375. The number of ether oxygens (including phenoxy) is 3. The average Bonchev–Trinajstić information content (AvgIpc) is 3.32. The van der Waals surface area contributed by atoms with Crippen molar-refractivity contribution >= 4 is 5.91 Å². The van der Waals surface area contributed by atoms with Crippen molar-refractivity contribution in [2.24, 2.45) is 5.92 Å². The molecule has 0 aliphatic rings. The molecule has 0 saturated carbocycles. The van der Waals surface area contributed by atoms with Crippen LogP contribution in [-0.4, -0.2) is 36.9 Å². The Hall–Kier alpha value is -3.39. The Morgan fingerprint density at radius 3 is 2.53 bits per heavy atom. The van der Waals surface area contributed by atoms with Gasteiger partial charge in [0.1, 0.15) is 12.6 Å². The van der Waals surface area contributed by atoms with Gasteiger partial charge in [-0.05, 0) is 29.7 Å². The zero-order chi connectivity index (χ0) is 22.9. The van der Waals surface area contributed by atoms with Crippen LogP contribution in [0.15, 0.2) is 53.1 Å². The summed E-state index contributed by atoms with van der Waals surface area (Å²) < 4.78 is 21.7. The summed E-state index contributed by atoms with van der Waals surface area (Å²) in [6, 6.07) is 14.7. The number of methoxy groups -OCH3 is 2. The molecule has 2 atom stereocenters. The van der Waals surface area contributed by atoms with Gasteiger partial charge >= 0.3 is 0 Å². The first-order valence-electron chi connectivity index (χ1n) is 10.5. The molecule has 1 heterocycles. The predicted octanol–water partition coefficient (Wildman–Crippen LogP) is 4.17. The summed E-state index contributed by atoms with van der Waals surface area (Å²) in [6.45, 7) is 4.38. The zero-order valence-corrected chi connectivity index (χ0v) is 18.8. The van der Waals surface area contributed by atoms with E-state index in [1.54, 1.807) is 26.4 Å². The van der Waals surface area contributed by atoms with Crippen LogP contribution >= 0.6 is 0 Å². The normalized spacial score (nSPS) is 12.8. The molecule has 1 aromatic heterocycles. The average molecular weight is 440 g/mol. The van der Waals surface area contributed by atoms with E-state index in [0.717, 1.165) is 17.5 Å². The number of nitrogens with one attached hydrogen (secondary N) is 1. The number of rotatable bonds is 11. The zero-order valence-electron chi connectivity index (χ0n) is 18.8. The number of carbonyl (C=O) groups excluding carboxylic acids is 1. The Labute approximate surface area is 187 Å². The lowest BCUT2D eigenvalue weighted by atomic mass is 9.99. The lowest BCUT2D eigenvalue weighted by Crippen LogP contribution is -2.35. The second-order valence-corrected chi connectivity index (χ2v) is 7.44. The van der Waals surface area contributed by atoms with Gasteiger partial charge in [-0.2, -0.15) is 4.98 Å². The quantitative estimate of drug-likeness (QED) is 0.479. The van der Waals surface area contributed by atoms with Gasteiger partial charge in [0, 0.05) is 5.56 Å². The van der Waals surface area contributed by atoms with E-state index in [9.17, 15) is 4.79 Å². The molecule has 0 aliphatic carbocycles. The van der Waals surface area contributed by atoms with Gasteiger partial charge < -0.3 is 24.1 Å². The molecule has 0 fully saturated rings. The Morgan fingerprint density at radius 1 is 1.09 bits per heavy atom. The highest BCUT2D eigenvalue weighted by atomic mass is 16.5. The van der Waals surface area contributed by atoms with Crippen LogP contribution in [0.25, 0.3) is 11.4 Å². The van der Waals surface area contributed by atoms with Gasteiger partial charge in [0.15, 0.2) is 11.5 Å². The van der Waals surface area contributed by atoms with Crippen molar-refractivity contribution in [2.45, 2.75) is 32.9 Å². The number of carbonyl (C=O) groups is 1. The number of amides is 1. The first kappa shape index (κ1) is 23.3. The minimum Gasteiger partial charge on any atom is -0.493 e. The van der Waals surface area contributed by atoms with Crippen molar-refractivity contribution < 1.29 is 23.5 Å². The molecule has 8 nitrogen and oxygen atoms in total. The molecule has 0 radical (unpaired) electrons. The second-order valence-electron chi connectivity index (χ2n) is 7.44. The Kier molecular flexibility index (Phi) is 8.21. The molecule has 32 heavy (non-hydrogen) atoms. The number of hydrogen-bond acceptors (Lipinski definition) is 7. The van der Waals surface area contributed by atoms with Gasteiger partial charge in [-0.25, -0.2) is 0 Å². The van der Waals surface area contributed by atoms with E-state index < -0.39 is 6.04 Å². The third-order valence-electron chi connectivity index (χ3n) is 5.22. The summed E-state index contributed by atoms with van der Waals surface area (Å²) in [5.74, 6) is 1.78. The maximum absolute atomic E-state index is 12.5. The standard InChI is InChI=1S/C24H29N3O5/c1-5-16(2)22(25-21(28)15-31-14-17-9-7-6-8-10-17)24-26-23(27-32-24)18-11-12-19(29-3)20(13-18)30-4/h6-13,16,22H,5,14-15H2,1-4H3,(H,25,28)/t16-,22+/m1/s1. The molecular weight excluding hydrogens is 410 g/mol. The minimum atomic E-state index is -0.422. The highest BCUT2D eigenvalue weighted by Gasteiger charge is 2.26. The maximum Gasteiger partial charge on any atom is 0.249 e. The molecule has 8 heteroatoms. The Morgan fingerprint density at radius 2 is 1.84 bits per heavy atom. The third-order valence-corrected chi connectivity index (χ3v) is 5.22. The van der Waals surface area contributed by atoms with Crippen molar-refractivity contribution in [1.29, 1.82) is 0 Å². The molecule has 2 aromatic carbocycles. The lowest BCUT2D eigenvalue weighted by Gasteiger charge is -2.20. The van der Waals surface area contributed by atoms with Crippen molar-refractivity contribution in [3.63, 3.8) is 0 Å². The number of benzene rings is 2. The van der Waals surface area contributed by atoms with Crippen molar-refractivity contribution in [3.05, 3.63) is 60.0 Å². The Balaban J connectivity index is 1.68. The fourth-order valence-electron chi connectivity index (χ4n) is 3.19. The van der Waals surface area contributed by atoms with E-state index in [2.05, 4.69) is 15.5 Å². The van der Waals surface area contributed by atoms with Crippen LogP contribution in [0.1, 0.15) is 37.8 Å². The first-order valence-corrected chi connectivity index (χ1v) is 10.5. The second kappa shape index (κ2) is 11.3. The maximum atomic E-state index is 12.5. The molecule has 0 aliphatic heterocycles. The van der Waals surface area contributed by atoms with Crippen molar-refractivity contribution in [3.8, 4) is 22.9 Å². The van der Waals surface area contributed by atoms with Gasteiger partial charge in [0.25, 0.3) is 0 Å². The van der Waals surface area contributed by atoms with Crippen molar-refractivity contribution in [1.82, 2.24) is 15.5 Å². The molecule has 1 amide bonds. The van der Waals surface area contributed by atoms with Crippen LogP contribution in [-0.2, 0) is 16.1 Å². The van der Waals surface area contributed by atoms with Gasteiger partial charge in [-0.15, -0.1) is 0 Å². The molecule has 3 aromatic rings. The van der Waals surface area contributed by atoms with E-state index in [1.807, 2.05) is 50.2 Å². The van der Waals surface area contributed by atoms with E-state index >= 15 is 0 Å². The van der Waals surface area contributed by atoms with Crippen molar-refractivity contribution in [2.75, 3.05) is 20.8 Å². The van der Waals surface area contributed by atoms with E-state index in [1.165, 1.54) is 0 Å². The molecule has 0 unspecified atom stereocenters. The summed E-state index contributed by atoms with van der Waals surface area (Å²) in [4.78, 5) is 17.0. The van der Waals surface area contributed by atoms with E-state index in [-0.39, 0.29) is 18.4 Å². The van der Waals surface area contributed by atoms with E-state index in [0.29, 0.717) is 29.8 Å². The third kappa shape index (κ3) is 5.85. The monoisotopic (exact) mass is 439 g/mol. The van der Waals surface area contributed by atoms with Crippen LogP contribution in [0, 0.1) is 5.92 Å². The van der Waals surface area contributed by atoms with Crippen LogP contribution in [0.5, 0.6) is 11.5 Å². The predicted molar refractivity (Wildman–Crippen MR) is 119 cm³/mol. The summed E-state index contributed by atoms with van der Waals surface area (Å²) >= 11 is 0. The number of hydrogen-bond donors (Lipinski definition) is 1. The number of aromatic nitrogens is 2. The molecular formula is C24H29N3O5. The molecule has 1 N–H and O–H groups in total. The molecule has 3 rings (SSSR count). The molecule has 0 bridgehead atoms. The van der Waals surface area contributed by atoms with Crippen LogP contribution in [0.4, 0.5) is 0 Å². The molecule has 0 saturated heterocycles. The van der Waals surface area contributed by atoms with Crippen LogP contribution in [0.3, 0.4) is 0 Å². The first-order chi connectivity index (χ1) is 15.5. The number of nitrogens with zero attached hydrogens (tertiary/aromatic N) is 2. The topological polar surface area (TPSA) is 95.7 Å². The summed E-state index contributed by atoms with van der Waals surface area (Å²) in [5, 5.41) is 7.07. The summed E-state index contributed by atoms with van der Waals surface area (Å²) in [5.41, 5.74) is 1.73. The van der Waals surface area contributed by atoms with Gasteiger partial charge in [0.05, 0.1) is 20.8 Å². The van der Waals surface area contributed by atoms with Gasteiger partial charge in [-0.3, -0.25) is 4.79 Å². The van der Waals surface area contributed by atoms with E-state index in [4.69, 9.17) is 18.7 Å². The lowest BCUT2D eigenvalue weighted by molar-refractivity contribution is -0.127. The largest absolute Gasteiger partial charge is 0.493 e. The highest BCUT2D eigenvalue weighted by Crippen LogP contribution is 2.32. The summed E-state index contributed by atoms with van der Waals surface area (Å²) in [7, 11) is 3.14. The summed E-state index contributed by atoms with van der Waals surface area (Å²) in [6.07, 6.45) is 0.823. The smallest absolute Gasteiger partial charge is 0.249 e. The van der Waals surface area contributed by atoms with Gasteiger partial charge in [0.2, 0.25) is 17.6 Å². The van der Waals surface area contributed by atoms with Crippen LogP contribution in [0.2, 0.25) is 0 Å². The minimum absolute atomic E-state index is 0.0570. The van der Waals surface area contributed by atoms with Crippen LogP contribution < -0.4 is 14.8 Å². The Bertz CT molecular complexity index is 1010. The molecule has 170 valence electrons. The van der Waals surface area contributed by atoms with Gasteiger partial charge in [-0.1, -0.05) is 55.8 Å².